The monoisotopic (exact) mass is 370 g/mol. The van der Waals surface area contributed by atoms with E-state index in [1.165, 1.54) is 0 Å². The second-order valence-electron chi connectivity index (χ2n) is 7.28. The zero-order chi connectivity index (χ0) is 18.4. The highest BCUT2D eigenvalue weighted by molar-refractivity contribution is 7.92. The molecule has 0 atom stereocenters. The fourth-order valence-corrected chi connectivity index (χ4v) is 5.11. The molecule has 4 rings (SSSR count). The van der Waals surface area contributed by atoms with Crippen LogP contribution in [0, 0.1) is 6.92 Å². The molecule has 1 fully saturated rings. The Morgan fingerprint density at radius 2 is 1.69 bits per heavy atom. The Morgan fingerprint density at radius 3 is 2.38 bits per heavy atom. The van der Waals surface area contributed by atoms with Gasteiger partial charge in [0.15, 0.2) is 0 Å². The SMILES string of the molecule is Cc1ccc(S(=O)(=O)Nc2ccc3c(c2)C2(CCCCC2)C(=O)N3)cc1. The summed E-state index contributed by atoms with van der Waals surface area (Å²) in [5, 5.41) is 2.97. The van der Waals surface area contributed by atoms with Crippen molar-refractivity contribution in [3.63, 3.8) is 0 Å². The van der Waals surface area contributed by atoms with E-state index < -0.39 is 15.4 Å². The van der Waals surface area contributed by atoms with E-state index >= 15 is 0 Å². The minimum Gasteiger partial charge on any atom is -0.325 e. The summed E-state index contributed by atoms with van der Waals surface area (Å²) in [6.07, 6.45) is 4.82. The maximum absolute atomic E-state index is 12.7. The lowest BCUT2D eigenvalue weighted by Gasteiger charge is -2.31. The molecule has 0 unspecified atom stereocenters. The fraction of sp³-hybridized carbons (Fsp3) is 0.350. The standard InChI is InChI=1S/C20H22N2O3S/c1-14-5-8-16(9-6-14)26(24,25)22-15-7-10-18-17(13-15)20(19(23)21-18)11-3-2-4-12-20/h5-10,13,22H,2-4,11-12H2,1H3,(H,21,23). The summed E-state index contributed by atoms with van der Waals surface area (Å²) in [6, 6.07) is 12.1. The Morgan fingerprint density at radius 1 is 1.00 bits per heavy atom. The second-order valence-corrected chi connectivity index (χ2v) is 8.96. The zero-order valence-electron chi connectivity index (χ0n) is 14.7. The van der Waals surface area contributed by atoms with Crippen molar-refractivity contribution in [2.75, 3.05) is 10.0 Å². The van der Waals surface area contributed by atoms with Gasteiger partial charge in [-0.2, -0.15) is 0 Å². The summed E-state index contributed by atoms with van der Waals surface area (Å²) < 4.78 is 28.0. The predicted molar refractivity (Wildman–Crippen MR) is 102 cm³/mol. The van der Waals surface area contributed by atoms with E-state index in [4.69, 9.17) is 0 Å². The number of carbonyl (C=O) groups is 1. The van der Waals surface area contributed by atoms with Gasteiger partial charge in [0, 0.05) is 11.4 Å². The summed E-state index contributed by atoms with van der Waals surface area (Å²) in [6.45, 7) is 1.91. The minimum atomic E-state index is -3.66. The maximum atomic E-state index is 12.7. The second kappa shape index (κ2) is 6.13. The number of sulfonamides is 1. The molecule has 0 bridgehead atoms. The molecule has 1 spiro atoms. The van der Waals surface area contributed by atoms with Gasteiger partial charge in [0.2, 0.25) is 5.91 Å². The van der Waals surface area contributed by atoms with Crippen LogP contribution in [0.3, 0.4) is 0 Å². The van der Waals surface area contributed by atoms with E-state index in [9.17, 15) is 13.2 Å². The van der Waals surface area contributed by atoms with E-state index in [1.54, 1.807) is 36.4 Å². The largest absolute Gasteiger partial charge is 0.325 e. The molecule has 136 valence electrons. The highest BCUT2D eigenvalue weighted by Crippen LogP contribution is 2.48. The van der Waals surface area contributed by atoms with Gasteiger partial charge in [0.25, 0.3) is 10.0 Å². The molecule has 2 aliphatic rings. The average Bonchev–Trinajstić information content (AvgIpc) is 2.87. The molecule has 1 saturated carbocycles. The van der Waals surface area contributed by atoms with Crippen LogP contribution in [0.25, 0.3) is 0 Å². The number of carbonyl (C=O) groups excluding carboxylic acids is 1. The third kappa shape index (κ3) is 2.78. The number of nitrogens with one attached hydrogen (secondary N) is 2. The number of hydrogen-bond donors (Lipinski definition) is 2. The van der Waals surface area contributed by atoms with Crippen LogP contribution in [0.1, 0.15) is 43.2 Å². The lowest BCUT2D eigenvalue weighted by molar-refractivity contribution is -0.121. The van der Waals surface area contributed by atoms with Gasteiger partial charge < -0.3 is 5.32 Å². The van der Waals surface area contributed by atoms with Gasteiger partial charge in [-0.1, -0.05) is 37.0 Å². The Bertz CT molecular complexity index is 959. The first-order valence-corrected chi connectivity index (χ1v) is 10.4. The number of rotatable bonds is 3. The number of hydrogen-bond acceptors (Lipinski definition) is 3. The topological polar surface area (TPSA) is 75.3 Å². The van der Waals surface area contributed by atoms with E-state index in [0.717, 1.165) is 48.9 Å². The van der Waals surface area contributed by atoms with Crippen LogP contribution in [-0.4, -0.2) is 14.3 Å². The quantitative estimate of drug-likeness (QED) is 0.859. The molecule has 0 saturated heterocycles. The number of benzene rings is 2. The van der Waals surface area contributed by atoms with E-state index in [0.29, 0.717) is 5.69 Å². The molecule has 2 aromatic carbocycles. The Kier molecular flexibility index (Phi) is 4.03. The Labute approximate surface area is 153 Å². The van der Waals surface area contributed by atoms with E-state index in [1.807, 2.05) is 13.0 Å². The van der Waals surface area contributed by atoms with Gasteiger partial charge in [0.05, 0.1) is 10.3 Å². The lowest BCUT2D eigenvalue weighted by atomic mass is 9.70. The van der Waals surface area contributed by atoms with Crippen LogP contribution in [0.4, 0.5) is 11.4 Å². The van der Waals surface area contributed by atoms with Gasteiger partial charge in [-0.15, -0.1) is 0 Å². The molecular formula is C20H22N2O3S. The fourth-order valence-electron chi connectivity index (χ4n) is 4.06. The molecule has 2 N–H and O–H groups in total. The van der Waals surface area contributed by atoms with Crippen molar-refractivity contribution in [3.8, 4) is 0 Å². The van der Waals surface area contributed by atoms with Crippen molar-refractivity contribution >= 4 is 27.3 Å². The van der Waals surface area contributed by atoms with E-state index in [2.05, 4.69) is 10.0 Å². The molecule has 0 radical (unpaired) electrons. The van der Waals surface area contributed by atoms with Gasteiger partial charge in [-0.25, -0.2) is 8.42 Å². The molecule has 1 heterocycles. The number of anilines is 2. The van der Waals surface area contributed by atoms with Gasteiger partial charge in [-0.3, -0.25) is 9.52 Å². The van der Waals surface area contributed by atoms with E-state index in [-0.39, 0.29) is 10.8 Å². The van der Waals surface area contributed by atoms with Crippen molar-refractivity contribution in [1.82, 2.24) is 0 Å². The van der Waals surface area contributed by atoms with Crippen molar-refractivity contribution in [1.29, 1.82) is 0 Å². The summed E-state index contributed by atoms with van der Waals surface area (Å²) in [5.74, 6) is 0.0470. The molecule has 1 aliphatic heterocycles. The van der Waals surface area contributed by atoms with Crippen molar-refractivity contribution < 1.29 is 13.2 Å². The summed E-state index contributed by atoms with van der Waals surface area (Å²) in [4.78, 5) is 12.8. The molecule has 26 heavy (non-hydrogen) atoms. The first-order valence-electron chi connectivity index (χ1n) is 8.96. The molecule has 1 amide bonds. The van der Waals surface area contributed by atoms with Gasteiger partial charge in [0.1, 0.15) is 0 Å². The van der Waals surface area contributed by atoms with Crippen molar-refractivity contribution in [3.05, 3.63) is 53.6 Å². The number of fused-ring (bicyclic) bond motifs is 2. The maximum Gasteiger partial charge on any atom is 0.261 e. The first-order chi connectivity index (χ1) is 12.4. The van der Waals surface area contributed by atoms with Crippen molar-refractivity contribution in [2.45, 2.75) is 49.3 Å². The van der Waals surface area contributed by atoms with Crippen LogP contribution >= 0.6 is 0 Å². The molecule has 0 aromatic heterocycles. The zero-order valence-corrected chi connectivity index (χ0v) is 15.5. The molecule has 2 aromatic rings. The summed E-state index contributed by atoms with van der Waals surface area (Å²) in [5.41, 5.74) is 2.72. The lowest BCUT2D eigenvalue weighted by Crippen LogP contribution is -2.36. The molecular weight excluding hydrogens is 348 g/mol. The smallest absolute Gasteiger partial charge is 0.261 e. The highest BCUT2D eigenvalue weighted by atomic mass is 32.2. The van der Waals surface area contributed by atoms with Crippen LogP contribution in [0.2, 0.25) is 0 Å². The molecule has 5 nitrogen and oxygen atoms in total. The van der Waals surface area contributed by atoms with Crippen molar-refractivity contribution in [2.24, 2.45) is 0 Å². The van der Waals surface area contributed by atoms with Crippen LogP contribution in [0.5, 0.6) is 0 Å². The normalized spacial score (nSPS) is 18.4. The van der Waals surface area contributed by atoms with Crippen LogP contribution in [0.15, 0.2) is 47.4 Å². The van der Waals surface area contributed by atoms with Gasteiger partial charge in [-0.05, 0) is 55.7 Å². The Hall–Kier alpha value is -2.34. The summed E-state index contributed by atoms with van der Waals surface area (Å²) in [7, 11) is -3.66. The van der Waals surface area contributed by atoms with Crippen LogP contribution < -0.4 is 10.0 Å². The van der Waals surface area contributed by atoms with Crippen LogP contribution in [-0.2, 0) is 20.2 Å². The highest BCUT2D eigenvalue weighted by Gasteiger charge is 2.47. The first kappa shape index (κ1) is 17.1. The Balaban J connectivity index is 1.68. The third-order valence-corrected chi connectivity index (χ3v) is 6.91. The minimum absolute atomic E-state index is 0.0470. The summed E-state index contributed by atoms with van der Waals surface area (Å²) >= 11 is 0. The van der Waals surface area contributed by atoms with Gasteiger partial charge >= 0.3 is 0 Å². The molecule has 6 heteroatoms. The molecule has 1 aliphatic carbocycles. The average molecular weight is 370 g/mol. The predicted octanol–water partition coefficient (Wildman–Crippen LogP) is 3.95. The number of aryl methyl sites for hydroxylation is 1. The third-order valence-electron chi connectivity index (χ3n) is 5.51. The number of amides is 1.